The standard InChI is InChI=1S/C20H32N6O2/c1-4-21-20(23-15-16-7-5-9-22-18(16)24(2)3)26-12-10-25(11-13-26)19(27)17-8-6-14-28-17/h5,7,9,17H,4,6,8,10-15H2,1-3H3,(H,21,23). The molecule has 1 amide bonds. The van der Waals surface area contributed by atoms with Crippen LogP contribution in [0.5, 0.6) is 0 Å². The Morgan fingerprint density at radius 1 is 1.32 bits per heavy atom. The molecule has 1 aromatic heterocycles. The van der Waals surface area contributed by atoms with Crippen molar-refractivity contribution in [2.24, 2.45) is 4.99 Å². The highest BCUT2D eigenvalue weighted by Crippen LogP contribution is 2.17. The summed E-state index contributed by atoms with van der Waals surface area (Å²) in [5.74, 6) is 1.97. The van der Waals surface area contributed by atoms with E-state index >= 15 is 0 Å². The number of anilines is 1. The molecule has 0 bridgehead atoms. The second-order valence-corrected chi connectivity index (χ2v) is 7.36. The van der Waals surface area contributed by atoms with Gasteiger partial charge in [-0.1, -0.05) is 6.07 Å². The van der Waals surface area contributed by atoms with Crippen molar-refractivity contribution < 1.29 is 9.53 Å². The molecule has 2 saturated heterocycles. The van der Waals surface area contributed by atoms with Crippen LogP contribution in [0.15, 0.2) is 23.3 Å². The van der Waals surface area contributed by atoms with Crippen molar-refractivity contribution in [3.05, 3.63) is 23.9 Å². The van der Waals surface area contributed by atoms with Crippen LogP contribution < -0.4 is 10.2 Å². The monoisotopic (exact) mass is 388 g/mol. The zero-order valence-corrected chi connectivity index (χ0v) is 17.2. The molecular weight excluding hydrogens is 356 g/mol. The third-order valence-electron chi connectivity index (χ3n) is 5.12. The molecule has 8 heteroatoms. The van der Waals surface area contributed by atoms with Gasteiger partial charge in [0.05, 0.1) is 6.54 Å². The Bertz CT molecular complexity index is 679. The van der Waals surface area contributed by atoms with Crippen molar-refractivity contribution in [3.8, 4) is 0 Å². The largest absolute Gasteiger partial charge is 0.368 e. The molecule has 1 unspecified atom stereocenters. The van der Waals surface area contributed by atoms with Gasteiger partial charge in [-0.05, 0) is 25.8 Å². The molecule has 3 heterocycles. The Morgan fingerprint density at radius 3 is 2.71 bits per heavy atom. The summed E-state index contributed by atoms with van der Waals surface area (Å²) in [6.07, 6.45) is 3.40. The van der Waals surface area contributed by atoms with Crippen LogP contribution in [0.2, 0.25) is 0 Å². The number of pyridine rings is 1. The molecule has 2 aliphatic heterocycles. The first-order valence-corrected chi connectivity index (χ1v) is 10.1. The lowest BCUT2D eigenvalue weighted by atomic mass is 10.2. The van der Waals surface area contributed by atoms with Crippen LogP contribution in [-0.2, 0) is 16.1 Å². The highest BCUT2D eigenvalue weighted by atomic mass is 16.5. The van der Waals surface area contributed by atoms with Gasteiger partial charge in [0.25, 0.3) is 5.91 Å². The van der Waals surface area contributed by atoms with Crippen LogP contribution in [0.25, 0.3) is 0 Å². The van der Waals surface area contributed by atoms with Crippen molar-refractivity contribution in [1.29, 1.82) is 0 Å². The summed E-state index contributed by atoms with van der Waals surface area (Å²) in [4.78, 5) is 28.0. The zero-order chi connectivity index (χ0) is 19.9. The lowest BCUT2D eigenvalue weighted by Crippen LogP contribution is -2.55. The summed E-state index contributed by atoms with van der Waals surface area (Å²) >= 11 is 0. The molecule has 0 radical (unpaired) electrons. The number of guanidine groups is 1. The van der Waals surface area contributed by atoms with Crippen molar-refractivity contribution in [3.63, 3.8) is 0 Å². The molecule has 2 aliphatic rings. The quantitative estimate of drug-likeness (QED) is 0.598. The predicted molar refractivity (Wildman–Crippen MR) is 111 cm³/mol. The van der Waals surface area contributed by atoms with E-state index in [2.05, 4.69) is 28.2 Å². The number of ether oxygens (including phenoxy) is 1. The number of rotatable bonds is 5. The highest BCUT2D eigenvalue weighted by molar-refractivity contribution is 5.83. The van der Waals surface area contributed by atoms with Crippen molar-refractivity contribution in [2.45, 2.75) is 32.4 Å². The van der Waals surface area contributed by atoms with Gasteiger partial charge < -0.3 is 24.8 Å². The molecule has 0 aromatic carbocycles. The number of amides is 1. The Hall–Kier alpha value is -2.35. The van der Waals surface area contributed by atoms with Crippen molar-refractivity contribution >= 4 is 17.7 Å². The normalized spacial score (nSPS) is 20.4. The van der Waals surface area contributed by atoms with E-state index in [9.17, 15) is 4.79 Å². The van der Waals surface area contributed by atoms with Gasteiger partial charge in [-0.3, -0.25) is 4.79 Å². The van der Waals surface area contributed by atoms with E-state index in [0.717, 1.165) is 49.8 Å². The number of nitrogens with one attached hydrogen (secondary N) is 1. The second kappa shape index (κ2) is 9.73. The number of aromatic nitrogens is 1. The summed E-state index contributed by atoms with van der Waals surface area (Å²) in [6, 6.07) is 4.01. The minimum atomic E-state index is -0.233. The first kappa shape index (κ1) is 20.4. The van der Waals surface area contributed by atoms with E-state index < -0.39 is 0 Å². The predicted octanol–water partition coefficient (Wildman–Crippen LogP) is 0.936. The lowest BCUT2D eigenvalue weighted by molar-refractivity contribution is -0.142. The highest BCUT2D eigenvalue weighted by Gasteiger charge is 2.30. The number of carbonyl (C=O) groups is 1. The van der Waals surface area contributed by atoms with E-state index in [1.165, 1.54) is 0 Å². The number of nitrogens with zero attached hydrogens (tertiary/aromatic N) is 5. The smallest absolute Gasteiger partial charge is 0.251 e. The van der Waals surface area contributed by atoms with E-state index in [1.807, 2.05) is 30.0 Å². The number of hydrogen-bond acceptors (Lipinski definition) is 5. The molecule has 0 spiro atoms. The third kappa shape index (κ3) is 4.92. The summed E-state index contributed by atoms with van der Waals surface area (Å²) in [5.41, 5.74) is 1.09. The van der Waals surface area contributed by atoms with Gasteiger partial charge in [0.1, 0.15) is 11.9 Å². The molecule has 1 N–H and O–H groups in total. The fourth-order valence-corrected chi connectivity index (χ4v) is 3.66. The summed E-state index contributed by atoms with van der Waals surface area (Å²) < 4.78 is 5.55. The second-order valence-electron chi connectivity index (χ2n) is 7.36. The first-order valence-electron chi connectivity index (χ1n) is 10.1. The fraction of sp³-hybridized carbons (Fsp3) is 0.650. The van der Waals surface area contributed by atoms with Crippen molar-refractivity contribution in [1.82, 2.24) is 20.1 Å². The van der Waals surface area contributed by atoms with Crippen LogP contribution >= 0.6 is 0 Å². The summed E-state index contributed by atoms with van der Waals surface area (Å²) in [6.45, 7) is 7.12. The Balaban J connectivity index is 1.61. The SMILES string of the molecule is CCNC(=NCc1cccnc1N(C)C)N1CCN(C(=O)C2CCCO2)CC1. The number of carbonyl (C=O) groups excluding carboxylic acids is 1. The average Bonchev–Trinajstić information content (AvgIpc) is 3.26. The lowest BCUT2D eigenvalue weighted by Gasteiger charge is -2.37. The van der Waals surface area contributed by atoms with Gasteiger partial charge >= 0.3 is 0 Å². The van der Waals surface area contributed by atoms with Crippen molar-refractivity contribution in [2.75, 3.05) is 58.3 Å². The minimum Gasteiger partial charge on any atom is -0.368 e. The number of piperazine rings is 1. The Labute approximate surface area is 167 Å². The molecular formula is C20H32N6O2. The van der Waals surface area contributed by atoms with E-state index in [-0.39, 0.29) is 12.0 Å². The average molecular weight is 389 g/mol. The van der Waals surface area contributed by atoms with Gasteiger partial charge in [-0.25, -0.2) is 9.98 Å². The molecule has 2 fully saturated rings. The van der Waals surface area contributed by atoms with Crippen LogP contribution in [-0.4, -0.2) is 86.2 Å². The topological polar surface area (TPSA) is 73.3 Å². The molecule has 1 atom stereocenters. The molecule has 3 rings (SSSR count). The maximum atomic E-state index is 12.5. The minimum absolute atomic E-state index is 0.144. The van der Waals surface area contributed by atoms with Crippen LogP contribution in [0, 0.1) is 0 Å². The van der Waals surface area contributed by atoms with Crippen LogP contribution in [0.1, 0.15) is 25.3 Å². The molecule has 1 aromatic rings. The number of aliphatic imine (C=N–C) groups is 1. The van der Waals surface area contributed by atoms with Gasteiger partial charge in [-0.15, -0.1) is 0 Å². The zero-order valence-electron chi connectivity index (χ0n) is 17.2. The van der Waals surface area contributed by atoms with E-state index in [1.54, 1.807) is 6.20 Å². The molecule has 0 aliphatic carbocycles. The number of hydrogen-bond donors (Lipinski definition) is 1. The van der Waals surface area contributed by atoms with Gasteiger partial charge in [-0.2, -0.15) is 0 Å². The Morgan fingerprint density at radius 2 is 2.07 bits per heavy atom. The van der Waals surface area contributed by atoms with Crippen LogP contribution in [0.4, 0.5) is 5.82 Å². The summed E-state index contributed by atoms with van der Waals surface area (Å²) in [5, 5.41) is 3.38. The maximum absolute atomic E-state index is 12.5. The maximum Gasteiger partial charge on any atom is 0.251 e. The molecule has 8 nitrogen and oxygen atoms in total. The first-order chi connectivity index (χ1) is 13.6. The van der Waals surface area contributed by atoms with Gasteiger partial charge in [0.15, 0.2) is 5.96 Å². The molecule has 28 heavy (non-hydrogen) atoms. The third-order valence-corrected chi connectivity index (χ3v) is 5.12. The van der Waals surface area contributed by atoms with Crippen LogP contribution in [0.3, 0.4) is 0 Å². The van der Waals surface area contributed by atoms with E-state index in [0.29, 0.717) is 26.2 Å². The Kier molecular flexibility index (Phi) is 7.08. The molecule has 0 saturated carbocycles. The summed E-state index contributed by atoms with van der Waals surface area (Å²) in [7, 11) is 3.98. The van der Waals surface area contributed by atoms with Gasteiger partial charge in [0.2, 0.25) is 0 Å². The van der Waals surface area contributed by atoms with Gasteiger partial charge in [0, 0.05) is 65.2 Å². The fourth-order valence-electron chi connectivity index (χ4n) is 3.66. The molecule has 154 valence electrons. The van der Waals surface area contributed by atoms with E-state index in [4.69, 9.17) is 9.73 Å².